The number of halogens is 1. The predicted octanol–water partition coefficient (Wildman–Crippen LogP) is 4.03. The molecule has 35 heavy (non-hydrogen) atoms. The Kier molecular flexibility index (Phi) is 8.05. The number of amides is 2. The van der Waals surface area contributed by atoms with Gasteiger partial charge >= 0.3 is 0 Å². The van der Waals surface area contributed by atoms with Gasteiger partial charge in [0.05, 0.1) is 36.4 Å². The van der Waals surface area contributed by atoms with Crippen LogP contribution in [0.2, 0.25) is 5.02 Å². The van der Waals surface area contributed by atoms with E-state index in [2.05, 4.69) is 15.3 Å². The second-order valence-electron chi connectivity index (χ2n) is 8.26. The van der Waals surface area contributed by atoms with Crippen molar-refractivity contribution in [3.05, 3.63) is 71.0 Å². The van der Waals surface area contributed by atoms with Gasteiger partial charge in [-0.25, -0.2) is 4.68 Å². The van der Waals surface area contributed by atoms with Gasteiger partial charge in [-0.15, -0.1) is 0 Å². The van der Waals surface area contributed by atoms with Gasteiger partial charge in [-0.05, 0) is 55.8 Å². The van der Waals surface area contributed by atoms with Crippen LogP contribution in [-0.4, -0.2) is 65.9 Å². The van der Waals surface area contributed by atoms with Gasteiger partial charge in [0.15, 0.2) is 0 Å². The molecule has 1 aromatic heterocycles. The smallest absolute Gasteiger partial charge is 0.257 e. The molecule has 2 heterocycles. The molecule has 0 saturated carbocycles. The second kappa shape index (κ2) is 11.4. The van der Waals surface area contributed by atoms with Crippen LogP contribution in [0.4, 0.5) is 11.4 Å². The number of hydrogen-bond acceptors (Lipinski definition) is 5. The highest BCUT2D eigenvalue weighted by Gasteiger charge is 2.23. The first-order chi connectivity index (χ1) is 17.0. The highest BCUT2D eigenvalue weighted by molar-refractivity contribution is 6.30. The molecule has 2 amide bonds. The Morgan fingerprint density at radius 3 is 2.49 bits per heavy atom. The standard InChI is InChI=1S/C26H30ClN5O3/c1-3-24-23(17-28-32(24)22-7-5-6-19(27)16-22)26(34)30(4-2)18-25(33)29-20-8-10-21(11-9-20)31-12-14-35-15-13-31/h5-11,16-17H,3-4,12-15,18H2,1-2H3,(H,29,33). The molecule has 0 aliphatic carbocycles. The van der Waals surface area contributed by atoms with Crippen molar-refractivity contribution < 1.29 is 14.3 Å². The number of anilines is 2. The Morgan fingerprint density at radius 2 is 1.83 bits per heavy atom. The number of carbonyl (C=O) groups is 2. The molecule has 1 aliphatic heterocycles. The highest BCUT2D eigenvalue weighted by atomic mass is 35.5. The van der Waals surface area contributed by atoms with Crippen LogP contribution < -0.4 is 10.2 Å². The SMILES string of the molecule is CCc1c(C(=O)N(CC)CC(=O)Nc2ccc(N3CCOCC3)cc2)cnn1-c1cccc(Cl)c1. The van der Waals surface area contributed by atoms with E-state index < -0.39 is 0 Å². The lowest BCUT2D eigenvalue weighted by Gasteiger charge is -2.29. The van der Waals surface area contributed by atoms with Crippen LogP contribution in [0.5, 0.6) is 0 Å². The summed E-state index contributed by atoms with van der Waals surface area (Å²) in [5.41, 5.74) is 3.83. The lowest BCUT2D eigenvalue weighted by atomic mass is 10.1. The van der Waals surface area contributed by atoms with Crippen molar-refractivity contribution in [1.29, 1.82) is 0 Å². The maximum absolute atomic E-state index is 13.3. The number of carbonyl (C=O) groups excluding carboxylic acids is 2. The Bertz CT molecular complexity index is 1170. The van der Waals surface area contributed by atoms with E-state index in [-0.39, 0.29) is 18.4 Å². The van der Waals surface area contributed by atoms with Crippen molar-refractivity contribution in [2.24, 2.45) is 0 Å². The molecule has 2 aromatic carbocycles. The van der Waals surface area contributed by atoms with Gasteiger partial charge in [-0.3, -0.25) is 9.59 Å². The summed E-state index contributed by atoms with van der Waals surface area (Å²) in [4.78, 5) is 29.9. The molecule has 1 fully saturated rings. The van der Waals surface area contributed by atoms with Gasteiger partial charge in [0.25, 0.3) is 5.91 Å². The topological polar surface area (TPSA) is 79.7 Å². The van der Waals surface area contributed by atoms with E-state index in [1.807, 2.05) is 50.2 Å². The zero-order valence-electron chi connectivity index (χ0n) is 20.0. The third-order valence-corrected chi connectivity index (χ3v) is 6.25. The highest BCUT2D eigenvalue weighted by Crippen LogP contribution is 2.21. The fraction of sp³-hybridized carbons (Fsp3) is 0.346. The Labute approximate surface area is 210 Å². The fourth-order valence-corrected chi connectivity index (χ4v) is 4.36. The van der Waals surface area contributed by atoms with Gasteiger partial charge in [-0.1, -0.05) is 24.6 Å². The maximum atomic E-state index is 13.3. The predicted molar refractivity (Wildman–Crippen MR) is 138 cm³/mol. The number of rotatable bonds is 8. The molecule has 9 heteroatoms. The van der Waals surface area contributed by atoms with Crippen molar-refractivity contribution in [2.45, 2.75) is 20.3 Å². The quantitative estimate of drug-likeness (QED) is 0.510. The number of nitrogens with one attached hydrogen (secondary N) is 1. The Morgan fingerprint density at radius 1 is 1.09 bits per heavy atom. The minimum absolute atomic E-state index is 0.0496. The summed E-state index contributed by atoms with van der Waals surface area (Å²) in [5, 5.41) is 7.92. The van der Waals surface area contributed by atoms with Gasteiger partial charge < -0.3 is 19.9 Å². The zero-order chi connectivity index (χ0) is 24.8. The van der Waals surface area contributed by atoms with E-state index in [1.54, 1.807) is 23.0 Å². The Hall–Kier alpha value is -3.36. The summed E-state index contributed by atoms with van der Waals surface area (Å²) >= 11 is 6.14. The number of ether oxygens (including phenoxy) is 1. The normalized spacial score (nSPS) is 13.5. The minimum atomic E-state index is -0.250. The van der Waals surface area contributed by atoms with Crippen molar-refractivity contribution in [2.75, 3.05) is 49.6 Å². The average Bonchev–Trinajstić information content (AvgIpc) is 3.32. The van der Waals surface area contributed by atoms with Crippen molar-refractivity contribution in [3.63, 3.8) is 0 Å². The first kappa shape index (κ1) is 24.8. The fourth-order valence-electron chi connectivity index (χ4n) is 4.17. The van der Waals surface area contributed by atoms with Crippen LogP contribution in [0.15, 0.2) is 54.7 Å². The van der Waals surface area contributed by atoms with Crippen LogP contribution in [0.25, 0.3) is 5.69 Å². The van der Waals surface area contributed by atoms with Crippen molar-refractivity contribution >= 4 is 34.8 Å². The van der Waals surface area contributed by atoms with Crippen LogP contribution in [0, 0.1) is 0 Å². The maximum Gasteiger partial charge on any atom is 0.257 e. The average molecular weight is 496 g/mol. The third-order valence-electron chi connectivity index (χ3n) is 6.02. The molecule has 1 N–H and O–H groups in total. The molecule has 0 unspecified atom stereocenters. The molecule has 0 radical (unpaired) electrons. The van der Waals surface area contributed by atoms with E-state index in [0.717, 1.165) is 43.4 Å². The number of aromatic nitrogens is 2. The summed E-state index contributed by atoms with van der Waals surface area (Å²) in [5.74, 6) is -0.477. The van der Waals surface area contributed by atoms with E-state index in [1.165, 1.54) is 4.90 Å². The first-order valence-corrected chi connectivity index (χ1v) is 12.2. The monoisotopic (exact) mass is 495 g/mol. The molecule has 0 atom stereocenters. The lowest BCUT2D eigenvalue weighted by Crippen LogP contribution is -2.38. The van der Waals surface area contributed by atoms with Gasteiger partial charge in [-0.2, -0.15) is 5.10 Å². The molecular formula is C26H30ClN5O3. The Balaban J connectivity index is 1.42. The molecule has 8 nitrogen and oxygen atoms in total. The summed E-state index contributed by atoms with van der Waals surface area (Å²) < 4.78 is 7.12. The molecule has 4 rings (SSSR count). The molecule has 1 saturated heterocycles. The van der Waals surface area contributed by atoms with Crippen LogP contribution >= 0.6 is 11.6 Å². The molecular weight excluding hydrogens is 466 g/mol. The number of morpholine rings is 1. The second-order valence-corrected chi connectivity index (χ2v) is 8.70. The number of hydrogen-bond donors (Lipinski definition) is 1. The van der Waals surface area contributed by atoms with E-state index in [0.29, 0.717) is 29.2 Å². The van der Waals surface area contributed by atoms with E-state index in [9.17, 15) is 9.59 Å². The van der Waals surface area contributed by atoms with Crippen molar-refractivity contribution in [3.8, 4) is 5.69 Å². The summed E-state index contributed by atoms with van der Waals surface area (Å²) in [7, 11) is 0. The van der Waals surface area contributed by atoms with Gasteiger partial charge in [0.2, 0.25) is 5.91 Å². The van der Waals surface area contributed by atoms with Crippen LogP contribution in [0.3, 0.4) is 0 Å². The first-order valence-electron chi connectivity index (χ1n) is 11.8. The number of likely N-dealkylation sites (N-methyl/N-ethyl adjacent to an activating group) is 1. The number of nitrogens with zero attached hydrogens (tertiary/aromatic N) is 4. The molecule has 0 bridgehead atoms. The summed E-state index contributed by atoms with van der Waals surface area (Å²) in [6, 6.07) is 15.1. The molecule has 1 aliphatic rings. The summed E-state index contributed by atoms with van der Waals surface area (Å²) in [6.45, 7) is 7.32. The van der Waals surface area contributed by atoms with Crippen LogP contribution in [0.1, 0.15) is 29.9 Å². The van der Waals surface area contributed by atoms with Gasteiger partial charge in [0.1, 0.15) is 6.54 Å². The molecule has 3 aromatic rings. The van der Waals surface area contributed by atoms with Crippen molar-refractivity contribution in [1.82, 2.24) is 14.7 Å². The third kappa shape index (κ3) is 5.83. The number of benzene rings is 2. The van der Waals surface area contributed by atoms with Gasteiger partial charge in [0, 0.05) is 36.0 Å². The largest absolute Gasteiger partial charge is 0.378 e. The molecule has 0 spiro atoms. The van der Waals surface area contributed by atoms with Crippen LogP contribution in [-0.2, 0) is 16.0 Å². The lowest BCUT2D eigenvalue weighted by molar-refractivity contribution is -0.116. The minimum Gasteiger partial charge on any atom is -0.378 e. The summed E-state index contributed by atoms with van der Waals surface area (Å²) in [6.07, 6.45) is 2.17. The van der Waals surface area contributed by atoms with E-state index in [4.69, 9.17) is 16.3 Å². The zero-order valence-corrected chi connectivity index (χ0v) is 20.8. The molecule has 184 valence electrons. The van der Waals surface area contributed by atoms with E-state index >= 15 is 0 Å².